The zero-order chi connectivity index (χ0) is 20.9. The number of nitrogens with zero attached hydrogens (tertiary/aromatic N) is 1. The van der Waals surface area contributed by atoms with Crippen LogP contribution in [0.25, 0.3) is 28.1 Å². The summed E-state index contributed by atoms with van der Waals surface area (Å²) in [5, 5.41) is 0.979. The fourth-order valence-corrected chi connectivity index (χ4v) is 3.64. The maximum absolute atomic E-state index is 13.3. The van der Waals surface area contributed by atoms with Gasteiger partial charge in [0.05, 0.1) is 17.7 Å². The van der Waals surface area contributed by atoms with E-state index in [2.05, 4.69) is 0 Å². The molecule has 0 aliphatic heterocycles. The average Bonchev–Trinajstić information content (AvgIpc) is 2.78. The van der Waals surface area contributed by atoms with Crippen molar-refractivity contribution in [2.45, 2.75) is 13.8 Å². The molecule has 0 amide bonds. The van der Waals surface area contributed by atoms with E-state index in [4.69, 9.17) is 9.72 Å². The summed E-state index contributed by atoms with van der Waals surface area (Å²) >= 11 is 0. The number of pyridine rings is 1. The Kier molecular flexibility index (Phi) is 6.96. The predicted molar refractivity (Wildman–Crippen MR) is 127 cm³/mol. The molecule has 0 radical (unpaired) electrons. The van der Waals surface area contributed by atoms with Crippen LogP contribution in [0, 0.1) is 6.92 Å². The fourth-order valence-electron chi connectivity index (χ4n) is 3.64. The highest BCUT2D eigenvalue weighted by molar-refractivity contribution is 6.16. The van der Waals surface area contributed by atoms with Crippen LogP contribution in [0.4, 0.5) is 0 Å². The molecule has 0 aliphatic rings. The fraction of sp³-hybridized carbons (Fsp3) is 0.111. The van der Waals surface area contributed by atoms with Gasteiger partial charge in [-0.1, -0.05) is 66.7 Å². The summed E-state index contributed by atoms with van der Waals surface area (Å²) in [4.78, 5) is 18.0. The lowest BCUT2D eigenvalue weighted by atomic mass is 9.92. The highest BCUT2D eigenvalue weighted by Crippen LogP contribution is 2.33. The lowest BCUT2D eigenvalue weighted by Gasteiger charge is -2.14. The normalized spacial score (nSPS) is 10.8. The summed E-state index contributed by atoms with van der Waals surface area (Å²) in [5.41, 5.74) is 5.15. The van der Waals surface area contributed by atoms with Gasteiger partial charge in [0.15, 0.2) is 5.78 Å². The first-order chi connectivity index (χ1) is 14.7. The van der Waals surface area contributed by atoms with Gasteiger partial charge < -0.3 is 10.2 Å². The topological polar surface area (TPSA) is 70.7 Å². The van der Waals surface area contributed by atoms with Gasteiger partial charge in [-0.2, -0.15) is 0 Å². The van der Waals surface area contributed by atoms with Gasteiger partial charge in [-0.25, -0.2) is 0 Å². The zero-order valence-corrected chi connectivity index (χ0v) is 17.6. The van der Waals surface area contributed by atoms with Gasteiger partial charge in [0.2, 0.25) is 0 Å². The van der Waals surface area contributed by atoms with E-state index in [0.29, 0.717) is 12.2 Å². The molecule has 0 bridgehead atoms. The Morgan fingerprint density at radius 2 is 1.61 bits per heavy atom. The third kappa shape index (κ3) is 4.71. The molecular formula is C27H25NO3. The number of benzene rings is 3. The van der Waals surface area contributed by atoms with Crippen LogP contribution in [0.1, 0.15) is 28.5 Å². The number of ketones is 1. The lowest BCUT2D eigenvalue weighted by Crippen LogP contribution is -2.05. The molecule has 0 unspecified atom stereocenters. The molecule has 3 aromatic carbocycles. The minimum Gasteiger partial charge on any atom is -0.494 e. The second kappa shape index (κ2) is 9.83. The average molecular weight is 412 g/mol. The Hall–Kier alpha value is -3.76. The quantitative estimate of drug-likeness (QED) is 0.303. The van der Waals surface area contributed by atoms with Crippen molar-refractivity contribution in [3.8, 4) is 16.9 Å². The Labute approximate surface area is 182 Å². The van der Waals surface area contributed by atoms with Crippen molar-refractivity contribution in [1.82, 2.24) is 4.98 Å². The van der Waals surface area contributed by atoms with Crippen molar-refractivity contribution in [3.63, 3.8) is 0 Å². The van der Waals surface area contributed by atoms with Crippen LogP contribution in [0.15, 0.2) is 84.9 Å². The molecule has 0 saturated heterocycles. The standard InChI is InChI=1S/C27H23NO2.H2O/c1-3-30-22-16-13-20(14-17-22)15-18-25(29)26-19(2)28-24-12-8-7-11-23(24)27(26)21-9-5-4-6-10-21;/h4-18H,3H2,1-2H3;1H2/b18-15+;. The Morgan fingerprint density at radius 3 is 2.32 bits per heavy atom. The molecule has 0 spiro atoms. The Bertz CT molecular complexity index is 1210. The molecule has 4 aromatic rings. The first-order valence-electron chi connectivity index (χ1n) is 10.1. The number of aryl methyl sites for hydroxylation is 1. The summed E-state index contributed by atoms with van der Waals surface area (Å²) in [6.07, 6.45) is 3.46. The molecule has 0 fully saturated rings. The number of carbonyl (C=O) groups excluding carboxylic acids is 1. The van der Waals surface area contributed by atoms with Crippen LogP contribution in [-0.4, -0.2) is 22.9 Å². The van der Waals surface area contributed by atoms with Gasteiger partial charge in [-0.15, -0.1) is 0 Å². The minimum absolute atomic E-state index is 0. The lowest BCUT2D eigenvalue weighted by molar-refractivity contribution is 0.104. The van der Waals surface area contributed by atoms with E-state index < -0.39 is 0 Å². The number of allylic oxidation sites excluding steroid dienone is 1. The van der Waals surface area contributed by atoms with E-state index in [0.717, 1.165) is 39.0 Å². The molecule has 0 aliphatic carbocycles. The van der Waals surface area contributed by atoms with Crippen molar-refractivity contribution in [1.29, 1.82) is 0 Å². The molecule has 2 N–H and O–H groups in total. The van der Waals surface area contributed by atoms with Crippen molar-refractivity contribution in [2.24, 2.45) is 0 Å². The van der Waals surface area contributed by atoms with E-state index in [1.807, 2.05) is 98.8 Å². The van der Waals surface area contributed by atoms with Crippen LogP contribution in [0.2, 0.25) is 0 Å². The third-order valence-corrected chi connectivity index (χ3v) is 5.00. The molecule has 4 rings (SSSR count). The Morgan fingerprint density at radius 1 is 0.935 bits per heavy atom. The van der Waals surface area contributed by atoms with E-state index in [1.165, 1.54) is 0 Å². The molecule has 1 aromatic heterocycles. The number of fused-ring (bicyclic) bond motifs is 1. The van der Waals surface area contributed by atoms with Gasteiger partial charge in [-0.3, -0.25) is 9.78 Å². The van der Waals surface area contributed by atoms with Crippen molar-refractivity contribution in [2.75, 3.05) is 6.61 Å². The summed E-state index contributed by atoms with van der Waals surface area (Å²) in [7, 11) is 0. The van der Waals surface area contributed by atoms with E-state index in [1.54, 1.807) is 6.08 Å². The van der Waals surface area contributed by atoms with Gasteiger partial charge in [0.1, 0.15) is 5.75 Å². The molecule has 0 saturated carbocycles. The van der Waals surface area contributed by atoms with Crippen LogP contribution >= 0.6 is 0 Å². The van der Waals surface area contributed by atoms with E-state index in [9.17, 15) is 4.79 Å². The predicted octanol–water partition coefficient (Wildman–Crippen LogP) is 5.68. The first kappa shape index (κ1) is 21.9. The Balaban J connectivity index is 0.00000272. The van der Waals surface area contributed by atoms with Gasteiger partial charge in [0.25, 0.3) is 0 Å². The molecule has 1 heterocycles. The maximum Gasteiger partial charge on any atom is 0.188 e. The number of hydrogen-bond donors (Lipinski definition) is 0. The molecule has 31 heavy (non-hydrogen) atoms. The molecule has 0 atom stereocenters. The number of rotatable bonds is 6. The van der Waals surface area contributed by atoms with Crippen molar-refractivity contribution in [3.05, 3.63) is 102 Å². The summed E-state index contributed by atoms with van der Waals surface area (Å²) in [6, 6.07) is 25.7. The van der Waals surface area contributed by atoms with E-state index in [-0.39, 0.29) is 11.3 Å². The monoisotopic (exact) mass is 411 g/mol. The second-order valence-corrected chi connectivity index (χ2v) is 7.03. The van der Waals surface area contributed by atoms with Crippen LogP contribution in [-0.2, 0) is 0 Å². The van der Waals surface area contributed by atoms with E-state index >= 15 is 0 Å². The molecule has 4 nitrogen and oxygen atoms in total. The SMILES string of the molecule is CCOc1ccc(/C=C/C(=O)c2c(C)nc3ccccc3c2-c2ccccc2)cc1.O. The minimum atomic E-state index is -0.0570. The first-order valence-corrected chi connectivity index (χ1v) is 10.1. The third-order valence-electron chi connectivity index (χ3n) is 5.00. The smallest absolute Gasteiger partial charge is 0.188 e. The highest BCUT2D eigenvalue weighted by Gasteiger charge is 2.18. The van der Waals surface area contributed by atoms with Gasteiger partial charge in [-0.05, 0) is 49.2 Å². The zero-order valence-electron chi connectivity index (χ0n) is 17.6. The van der Waals surface area contributed by atoms with Crippen LogP contribution in [0.5, 0.6) is 5.75 Å². The summed E-state index contributed by atoms with van der Waals surface area (Å²) in [6.45, 7) is 4.48. The number of aromatic nitrogens is 1. The van der Waals surface area contributed by atoms with Crippen molar-refractivity contribution < 1.29 is 15.0 Å². The second-order valence-electron chi connectivity index (χ2n) is 7.03. The summed E-state index contributed by atoms with van der Waals surface area (Å²) < 4.78 is 5.48. The van der Waals surface area contributed by atoms with Crippen molar-refractivity contribution >= 4 is 22.8 Å². The number of carbonyl (C=O) groups is 1. The van der Waals surface area contributed by atoms with Gasteiger partial charge >= 0.3 is 0 Å². The molecule has 156 valence electrons. The van der Waals surface area contributed by atoms with Crippen LogP contribution < -0.4 is 4.74 Å². The van der Waals surface area contributed by atoms with Gasteiger partial charge in [0, 0.05) is 16.6 Å². The maximum atomic E-state index is 13.3. The molecule has 4 heteroatoms. The molecular weight excluding hydrogens is 386 g/mol. The van der Waals surface area contributed by atoms with Crippen LogP contribution in [0.3, 0.4) is 0 Å². The number of ether oxygens (including phenoxy) is 1. The summed E-state index contributed by atoms with van der Waals surface area (Å²) in [5.74, 6) is 0.764. The number of hydrogen-bond acceptors (Lipinski definition) is 3. The highest BCUT2D eigenvalue weighted by atomic mass is 16.5. The largest absolute Gasteiger partial charge is 0.494 e. The number of para-hydroxylation sites is 1.